The van der Waals surface area contributed by atoms with E-state index in [1.807, 2.05) is 0 Å². The number of halogens is 3. The maximum atomic E-state index is 14.7. The molecular weight excluding hydrogens is 583 g/mol. The first-order valence-corrected chi connectivity index (χ1v) is 14.2. The highest BCUT2D eigenvalue weighted by Crippen LogP contribution is 2.41. The highest BCUT2D eigenvalue weighted by Gasteiger charge is 2.30. The molecule has 0 fully saturated rings. The van der Waals surface area contributed by atoms with Gasteiger partial charge in [0, 0.05) is 35.6 Å². The lowest BCUT2D eigenvalue weighted by Crippen LogP contribution is -2.28. The fourth-order valence-corrected chi connectivity index (χ4v) is 5.89. The molecule has 7 nitrogen and oxygen atoms in total. The summed E-state index contributed by atoms with van der Waals surface area (Å²) >= 11 is 0. The minimum absolute atomic E-state index is 0.00350. The molecule has 4 aromatic carbocycles. The number of hydrogen-bond acceptors (Lipinski definition) is 4. The summed E-state index contributed by atoms with van der Waals surface area (Å²) in [6, 6.07) is 21.4. The number of fused-ring (bicyclic) bond motifs is 2. The number of nitrogens with one attached hydrogen (secondary N) is 2. The third-order valence-electron chi connectivity index (χ3n) is 8.07. The Morgan fingerprint density at radius 2 is 1.76 bits per heavy atom. The summed E-state index contributed by atoms with van der Waals surface area (Å²) in [4.78, 5) is 30.2. The van der Waals surface area contributed by atoms with Gasteiger partial charge in [0.1, 0.15) is 17.3 Å². The number of aryl methyl sites for hydroxylation is 1. The number of pyridine rings is 1. The van der Waals surface area contributed by atoms with Crippen LogP contribution in [0.25, 0.3) is 21.8 Å². The second-order valence-corrected chi connectivity index (χ2v) is 10.7. The first kappa shape index (κ1) is 29.6. The lowest BCUT2D eigenvalue weighted by Gasteiger charge is -2.22. The number of carbonyl (C=O) groups excluding carboxylic acids is 1. The van der Waals surface area contributed by atoms with E-state index >= 15 is 0 Å². The van der Waals surface area contributed by atoms with Gasteiger partial charge in [-0.05, 0) is 72.1 Å². The molecule has 6 rings (SSSR count). The predicted molar refractivity (Wildman–Crippen MR) is 165 cm³/mol. The Kier molecular flexibility index (Phi) is 7.80. The Morgan fingerprint density at radius 1 is 0.978 bits per heavy atom. The topological polar surface area (TPSA) is 96.3 Å². The molecule has 0 aliphatic carbocycles. The van der Waals surface area contributed by atoms with Crippen molar-refractivity contribution >= 4 is 27.7 Å². The van der Waals surface area contributed by atoms with Gasteiger partial charge in [0.25, 0.3) is 11.5 Å². The molecule has 2 heterocycles. The smallest absolute Gasteiger partial charge is 0.258 e. The first-order valence-electron chi connectivity index (χ1n) is 14.2. The van der Waals surface area contributed by atoms with Crippen molar-refractivity contribution in [2.45, 2.75) is 12.3 Å². The monoisotopic (exact) mass is 611 g/mol. The van der Waals surface area contributed by atoms with Crippen molar-refractivity contribution in [3.05, 3.63) is 141 Å². The van der Waals surface area contributed by atoms with Crippen LogP contribution in [0.15, 0.2) is 89.7 Å². The highest BCUT2D eigenvalue weighted by atomic mass is 19.2. The lowest BCUT2D eigenvalue weighted by molar-refractivity contribution is 0.0949. The van der Waals surface area contributed by atoms with E-state index in [-0.39, 0.29) is 24.3 Å². The number of nitrogens with zero attached hydrogens (tertiary/aromatic N) is 1. The van der Waals surface area contributed by atoms with E-state index in [1.165, 1.54) is 42.0 Å². The molecule has 2 aromatic heterocycles. The van der Waals surface area contributed by atoms with Crippen LogP contribution in [0.2, 0.25) is 0 Å². The van der Waals surface area contributed by atoms with Crippen molar-refractivity contribution in [3.63, 3.8) is 0 Å². The predicted octanol–water partition coefficient (Wildman–Crippen LogP) is 6.30. The van der Waals surface area contributed by atoms with Gasteiger partial charge in [-0.15, -0.1) is 0 Å². The molecule has 0 spiro atoms. The van der Waals surface area contributed by atoms with Crippen molar-refractivity contribution in [1.82, 2.24) is 14.9 Å². The molecule has 1 amide bonds. The van der Waals surface area contributed by atoms with Crippen LogP contribution in [0.3, 0.4) is 0 Å². The van der Waals surface area contributed by atoms with E-state index in [1.54, 1.807) is 55.6 Å². The van der Waals surface area contributed by atoms with Crippen LogP contribution in [0.1, 0.15) is 38.7 Å². The molecule has 0 saturated heterocycles. The van der Waals surface area contributed by atoms with E-state index in [9.17, 15) is 27.9 Å². The minimum atomic E-state index is -1.25. The third kappa shape index (κ3) is 5.28. The second-order valence-electron chi connectivity index (χ2n) is 10.7. The SMILES string of the molecule is COc1ccc2[nH]c(C(c3cccc(F)c3)c3c(O)c4ccccc4n(C)c3=O)c(CCNC(=O)c3cccc(F)c3F)c2c1. The molecule has 1 unspecified atom stereocenters. The molecule has 45 heavy (non-hydrogen) atoms. The van der Waals surface area contributed by atoms with Crippen molar-refractivity contribution in [3.8, 4) is 11.5 Å². The van der Waals surface area contributed by atoms with Gasteiger partial charge in [-0.3, -0.25) is 9.59 Å². The summed E-state index contributed by atoms with van der Waals surface area (Å²) in [5, 5.41) is 15.4. The van der Waals surface area contributed by atoms with Gasteiger partial charge >= 0.3 is 0 Å². The molecule has 0 saturated carbocycles. The highest BCUT2D eigenvalue weighted by molar-refractivity contribution is 5.94. The number of hydrogen-bond donors (Lipinski definition) is 3. The summed E-state index contributed by atoms with van der Waals surface area (Å²) in [5.74, 6) is -4.36. The Hall–Kier alpha value is -5.51. The van der Waals surface area contributed by atoms with E-state index in [4.69, 9.17) is 4.74 Å². The Balaban J connectivity index is 1.53. The number of aromatic amines is 1. The molecule has 0 aliphatic rings. The standard InChI is InChI=1S/C35H28F3N3O4/c1-41-28-12-4-3-9-23(28)33(42)30(35(41)44)29(19-7-5-8-20(36)17-19)32-22(25-18-21(45-2)13-14-27(25)40-32)15-16-39-34(43)24-10-6-11-26(37)31(24)38/h3-14,17-18,29,40,42H,15-16H2,1-2H3,(H,39,43). The molecule has 3 N–H and O–H groups in total. The molecular formula is C35H28F3N3O4. The molecule has 1 atom stereocenters. The van der Waals surface area contributed by atoms with Crippen LogP contribution < -0.4 is 15.6 Å². The van der Waals surface area contributed by atoms with Gasteiger partial charge in [-0.1, -0.05) is 30.3 Å². The van der Waals surface area contributed by atoms with Crippen molar-refractivity contribution < 1.29 is 27.8 Å². The van der Waals surface area contributed by atoms with Crippen LogP contribution in [0.5, 0.6) is 11.5 Å². The summed E-state index contributed by atoms with van der Waals surface area (Å²) in [5.41, 5.74) is 1.86. The lowest BCUT2D eigenvalue weighted by atomic mass is 9.85. The largest absolute Gasteiger partial charge is 0.507 e. The number of methoxy groups -OCH3 is 1. The average Bonchev–Trinajstić information content (AvgIpc) is 3.40. The number of amides is 1. The first-order chi connectivity index (χ1) is 21.7. The maximum absolute atomic E-state index is 14.7. The van der Waals surface area contributed by atoms with Gasteiger partial charge in [-0.25, -0.2) is 13.2 Å². The van der Waals surface area contributed by atoms with Gasteiger partial charge in [0.05, 0.1) is 29.7 Å². The molecule has 10 heteroatoms. The van der Waals surface area contributed by atoms with E-state index in [0.29, 0.717) is 44.4 Å². The van der Waals surface area contributed by atoms with E-state index < -0.39 is 40.4 Å². The fraction of sp³-hybridized carbons (Fsp3) is 0.143. The minimum Gasteiger partial charge on any atom is -0.507 e. The molecule has 6 aromatic rings. The number of ether oxygens (including phenoxy) is 1. The molecule has 228 valence electrons. The maximum Gasteiger partial charge on any atom is 0.258 e. The zero-order valence-corrected chi connectivity index (χ0v) is 24.3. The van der Waals surface area contributed by atoms with Crippen LogP contribution in [0, 0.1) is 17.5 Å². The molecule has 0 aliphatic heterocycles. The van der Waals surface area contributed by atoms with Crippen LogP contribution >= 0.6 is 0 Å². The third-order valence-corrected chi connectivity index (χ3v) is 8.07. The summed E-state index contributed by atoms with van der Waals surface area (Å²) in [7, 11) is 3.13. The van der Waals surface area contributed by atoms with Crippen LogP contribution in [-0.4, -0.2) is 34.2 Å². The number of benzene rings is 4. The zero-order chi connectivity index (χ0) is 31.8. The fourth-order valence-electron chi connectivity index (χ4n) is 5.89. The van der Waals surface area contributed by atoms with Gasteiger partial charge in [0.15, 0.2) is 11.6 Å². The van der Waals surface area contributed by atoms with Crippen LogP contribution in [0.4, 0.5) is 13.2 Å². The zero-order valence-electron chi connectivity index (χ0n) is 24.3. The average molecular weight is 612 g/mol. The quantitative estimate of drug-likeness (QED) is 0.188. The number of aromatic nitrogens is 2. The van der Waals surface area contributed by atoms with E-state index in [0.717, 1.165) is 6.07 Å². The van der Waals surface area contributed by atoms with Gasteiger partial charge in [0.2, 0.25) is 0 Å². The number of para-hydroxylation sites is 1. The normalized spacial score (nSPS) is 12.0. The van der Waals surface area contributed by atoms with Crippen LogP contribution in [-0.2, 0) is 13.5 Å². The van der Waals surface area contributed by atoms with E-state index in [2.05, 4.69) is 10.3 Å². The number of carbonyl (C=O) groups is 1. The Morgan fingerprint density at radius 3 is 2.53 bits per heavy atom. The molecule has 0 radical (unpaired) electrons. The van der Waals surface area contributed by atoms with Gasteiger partial charge in [-0.2, -0.15) is 0 Å². The molecule has 0 bridgehead atoms. The summed E-state index contributed by atoms with van der Waals surface area (Å²) in [6.45, 7) is 0.00350. The number of H-pyrrole nitrogens is 1. The Bertz CT molecular complexity index is 2160. The van der Waals surface area contributed by atoms with Crippen molar-refractivity contribution in [2.75, 3.05) is 13.7 Å². The van der Waals surface area contributed by atoms with Crippen molar-refractivity contribution in [2.24, 2.45) is 7.05 Å². The Labute approximate surface area is 255 Å². The second kappa shape index (κ2) is 11.9. The van der Waals surface area contributed by atoms with Gasteiger partial charge < -0.3 is 24.7 Å². The number of rotatable bonds is 8. The van der Waals surface area contributed by atoms with Crippen molar-refractivity contribution in [1.29, 1.82) is 0 Å². The summed E-state index contributed by atoms with van der Waals surface area (Å²) < 4.78 is 49.7. The summed E-state index contributed by atoms with van der Waals surface area (Å²) in [6.07, 6.45) is 0.172. The number of aromatic hydroxyl groups is 1.